The van der Waals surface area contributed by atoms with Crippen molar-refractivity contribution in [1.82, 2.24) is 0 Å². The van der Waals surface area contributed by atoms with Crippen LogP contribution in [0.2, 0.25) is 10.0 Å². The molecule has 0 heterocycles. The van der Waals surface area contributed by atoms with Crippen LogP contribution in [0.25, 0.3) is 11.1 Å². The maximum absolute atomic E-state index is 13.9. The summed E-state index contributed by atoms with van der Waals surface area (Å²) in [5.41, 5.74) is 3.81. The van der Waals surface area contributed by atoms with Gasteiger partial charge in [0.2, 0.25) is 5.91 Å². The summed E-state index contributed by atoms with van der Waals surface area (Å²) in [6.07, 6.45) is -4.83. The number of rotatable bonds is 4. The van der Waals surface area contributed by atoms with Gasteiger partial charge in [-0.2, -0.15) is 13.2 Å². The lowest BCUT2D eigenvalue weighted by Gasteiger charge is -2.23. The summed E-state index contributed by atoms with van der Waals surface area (Å²) in [5, 5.41) is -0.125. The van der Waals surface area contributed by atoms with Gasteiger partial charge in [0.1, 0.15) is 5.82 Å². The predicted octanol–water partition coefficient (Wildman–Crippen LogP) is 6.19. The topological polar surface area (TPSA) is 63.4 Å². The molecular formula is C22H14Cl2F4N2O2. The fourth-order valence-electron chi connectivity index (χ4n) is 3.08. The van der Waals surface area contributed by atoms with E-state index in [1.807, 2.05) is 0 Å². The number of hydrogen-bond acceptors (Lipinski definition) is 2. The van der Waals surface area contributed by atoms with E-state index < -0.39 is 35.1 Å². The quantitative estimate of drug-likeness (QED) is 0.448. The summed E-state index contributed by atoms with van der Waals surface area (Å²) in [5.74, 6) is -2.32. The molecule has 0 aliphatic heterocycles. The minimum Gasteiger partial charge on any atom is -0.366 e. The molecule has 0 atom stereocenters. The van der Waals surface area contributed by atoms with E-state index >= 15 is 0 Å². The SMILES string of the molecule is CN(C(=O)c1ccc(F)cc1Cl)c1ccc(-c2cc(C(N)=O)ccc2Cl)cc1C(F)(F)F. The number of benzene rings is 3. The maximum Gasteiger partial charge on any atom is 0.418 e. The van der Waals surface area contributed by atoms with E-state index in [9.17, 15) is 27.2 Å². The van der Waals surface area contributed by atoms with E-state index in [0.717, 1.165) is 42.3 Å². The predicted molar refractivity (Wildman–Crippen MR) is 115 cm³/mol. The highest BCUT2D eigenvalue weighted by Gasteiger charge is 2.36. The maximum atomic E-state index is 13.9. The Labute approximate surface area is 190 Å². The molecule has 0 radical (unpaired) electrons. The molecule has 0 aliphatic rings. The summed E-state index contributed by atoms with van der Waals surface area (Å²) >= 11 is 12.0. The van der Waals surface area contributed by atoms with E-state index in [0.29, 0.717) is 0 Å². The van der Waals surface area contributed by atoms with Crippen molar-refractivity contribution in [2.75, 3.05) is 11.9 Å². The molecule has 2 N–H and O–H groups in total. The summed E-state index contributed by atoms with van der Waals surface area (Å²) < 4.78 is 54.9. The molecule has 32 heavy (non-hydrogen) atoms. The molecule has 0 aliphatic carbocycles. The Morgan fingerprint density at radius 2 is 1.62 bits per heavy atom. The number of primary amides is 1. The highest BCUT2D eigenvalue weighted by molar-refractivity contribution is 6.34. The van der Waals surface area contributed by atoms with Crippen LogP contribution in [0.3, 0.4) is 0 Å². The van der Waals surface area contributed by atoms with Gasteiger partial charge in [-0.05, 0) is 54.1 Å². The second-order valence-corrected chi connectivity index (χ2v) is 7.59. The molecule has 3 rings (SSSR count). The van der Waals surface area contributed by atoms with Crippen molar-refractivity contribution in [3.8, 4) is 11.1 Å². The Bertz CT molecular complexity index is 1230. The number of amides is 2. The lowest BCUT2D eigenvalue weighted by atomic mass is 9.99. The lowest BCUT2D eigenvalue weighted by Crippen LogP contribution is -2.29. The number of nitrogens with zero attached hydrogens (tertiary/aromatic N) is 1. The second kappa shape index (κ2) is 8.80. The number of halogens is 6. The third-order valence-electron chi connectivity index (χ3n) is 4.69. The molecule has 0 bridgehead atoms. The van der Waals surface area contributed by atoms with Crippen LogP contribution >= 0.6 is 23.2 Å². The highest BCUT2D eigenvalue weighted by Crippen LogP contribution is 2.40. The van der Waals surface area contributed by atoms with Gasteiger partial charge in [-0.15, -0.1) is 0 Å². The van der Waals surface area contributed by atoms with Crippen LogP contribution in [-0.4, -0.2) is 18.9 Å². The Morgan fingerprint density at radius 1 is 0.938 bits per heavy atom. The molecule has 3 aromatic rings. The zero-order chi connectivity index (χ0) is 23.8. The first-order chi connectivity index (χ1) is 14.9. The standard InChI is InChI=1S/C22H14Cl2F4N2O2/c1-30(21(32)14-5-4-13(25)10-18(14)24)19-7-3-11(9-16(19)22(26,27)28)15-8-12(20(29)31)2-6-17(15)23/h2-10H,1H3,(H2,29,31). The smallest absolute Gasteiger partial charge is 0.366 e. The summed E-state index contributed by atoms with van der Waals surface area (Å²) in [6, 6.07) is 10.2. The first-order valence-corrected chi connectivity index (χ1v) is 9.70. The Hall–Kier alpha value is -3.10. The van der Waals surface area contributed by atoms with Crippen LogP contribution < -0.4 is 10.6 Å². The van der Waals surface area contributed by atoms with E-state index in [-0.39, 0.29) is 32.3 Å². The largest absolute Gasteiger partial charge is 0.418 e. The first kappa shape index (κ1) is 23.6. The monoisotopic (exact) mass is 484 g/mol. The van der Waals surface area contributed by atoms with E-state index in [2.05, 4.69) is 0 Å². The molecule has 2 amide bonds. The van der Waals surface area contributed by atoms with Crippen molar-refractivity contribution >= 4 is 40.7 Å². The fourth-order valence-corrected chi connectivity index (χ4v) is 3.55. The van der Waals surface area contributed by atoms with Gasteiger partial charge in [0.15, 0.2) is 0 Å². The summed E-state index contributed by atoms with van der Waals surface area (Å²) in [7, 11) is 1.15. The molecule has 4 nitrogen and oxygen atoms in total. The minimum atomic E-state index is -4.83. The van der Waals surface area contributed by atoms with Crippen LogP contribution in [0.5, 0.6) is 0 Å². The van der Waals surface area contributed by atoms with Gasteiger partial charge in [0, 0.05) is 23.2 Å². The molecule has 0 fully saturated rings. The van der Waals surface area contributed by atoms with E-state index in [4.69, 9.17) is 28.9 Å². The van der Waals surface area contributed by atoms with Crippen molar-refractivity contribution in [1.29, 1.82) is 0 Å². The number of anilines is 1. The molecule has 0 saturated heterocycles. The van der Waals surface area contributed by atoms with E-state index in [1.165, 1.54) is 24.3 Å². The fraction of sp³-hybridized carbons (Fsp3) is 0.0909. The van der Waals surface area contributed by atoms with Crippen molar-refractivity contribution in [3.05, 3.63) is 87.2 Å². The number of carbonyl (C=O) groups excluding carboxylic acids is 2. The Morgan fingerprint density at radius 3 is 2.22 bits per heavy atom. The molecule has 0 spiro atoms. The van der Waals surface area contributed by atoms with Gasteiger partial charge in [0.05, 0.1) is 21.8 Å². The van der Waals surface area contributed by atoms with E-state index in [1.54, 1.807) is 0 Å². The normalized spacial score (nSPS) is 11.3. The average molecular weight is 485 g/mol. The third-order valence-corrected chi connectivity index (χ3v) is 5.33. The van der Waals surface area contributed by atoms with Crippen molar-refractivity contribution < 1.29 is 27.2 Å². The summed E-state index contributed by atoms with van der Waals surface area (Å²) in [4.78, 5) is 25.0. The average Bonchev–Trinajstić information content (AvgIpc) is 2.72. The van der Waals surface area contributed by atoms with Crippen LogP contribution in [-0.2, 0) is 6.18 Å². The second-order valence-electron chi connectivity index (χ2n) is 6.78. The van der Waals surface area contributed by atoms with Crippen LogP contribution in [0.4, 0.5) is 23.2 Å². The number of hydrogen-bond donors (Lipinski definition) is 1. The van der Waals surface area contributed by atoms with Crippen LogP contribution in [0, 0.1) is 5.82 Å². The minimum absolute atomic E-state index is 0.0647. The molecule has 0 saturated carbocycles. The zero-order valence-corrected chi connectivity index (χ0v) is 17.8. The number of nitrogens with two attached hydrogens (primary N) is 1. The van der Waals surface area contributed by atoms with Crippen molar-refractivity contribution in [2.45, 2.75) is 6.18 Å². The summed E-state index contributed by atoms with van der Waals surface area (Å²) in [6.45, 7) is 0. The Kier molecular flexibility index (Phi) is 6.48. The third kappa shape index (κ3) is 4.71. The molecule has 0 aromatic heterocycles. The molecular weight excluding hydrogens is 471 g/mol. The lowest BCUT2D eigenvalue weighted by molar-refractivity contribution is -0.137. The van der Waals surface area contributed by atoms with Crippen molar-refractivity contribution in [2.24, 2.45) is 5.73 Å². The highest BCUT2D eigenvalue weighted by atomic mass is 35.5. The van der Waals surface area contributed by atoms with Gasteiger partial charge in [0.25, 0.3) is 5.91 Å². The molecule has 0 unspecified atom stereocenters. The van der Waals surface area contributed by atoms with Crippen LogP contribution in [0.15, 0.2) is 54.6 Å². The Balaban J connectivity index is 2.12. The first-order valence-electron chi connectivity index (χ1n) is 8.94. The molecule has 10 heteroatoms. The zero-order valence-electron chi connectivity index (χ0n) is 16.3. The molecule has 166 valence electrons. The van der Waals surface area contributed by atoms with Gasteiger partial charge in [-0.3, -0.25) is 9.59 Å². The van der Waals surface area contributed by atoms with Gasteiger partial charge >= 0.3 is 6.18 Å². The van der Waals surface area contributed by atoms with Gasteiger partial charge < -0.3 is 10.6 Å². The van der Waals surface area contributed by atoms with Gasteiger partial charge in [-0.1, -0.05) is 29.3 Å². The molecule has 3 aromatic carbocycles. The number of alkyl halides is 3. The van der Waals surface area contributed by atoms with Crippen LogP contribution in [0.1, 0.15) is 26.3 Å². The van der Waals surface area contributed by atoms with Gasteiger partial charge in [-0.25, -0.2) is 4.39 Å². The van der Waals surface area contributed by atoms with Crippen molar-refractivity contribution in [3.63, 3.8) is 0 Å². The number of carbonyl (C=O) groups is 2.